The molecule has 0 radical (unpaired) electrons. The van der Waals surface area contributed by atoms with Gasteiger partial charge in [-0.1, -0.05) is 12.1 Å². The van der Waals surface area contributed by atoms with Gasteiger partial charge in [-0.3, -0.25) is 4.72 Å². The minimum absolute atomic E-state index is 0.000701. The lowest BCUT2D eigenvalue weighted by Gasteiger charge is -2.10. The minimum Gasteiger partial charge on any atom is -0.376 e. The lowest BCUT2D eigenvalue weighted by Crippen LogP contribution is -2.19. The lowest BCUT2D eigenvalue weighted by molar-refractivity contribution is 0.598. The van der Waals surface area contributed by atoms with Crippen LogP contribution in [0.2, 0.25) is 0 Å². The Hall–Kier alpha value is -2.19. The standard InChI is InChI=1S/C13H12FN3O2S2/c14-11-3-1-2-4-12(11)17-21(18,19)10-7-5-9(6-8-10)16-13(15)20/h1-8,17H,(H3,15,16,20). The van der Waals surface area contributed by atoms with Crippen LogP contribution in [0.4, 0.5) is 15.8 Å². The summed E-state index contributed by atoms with van der Waals surface area (Å²) in [5.41, 5.74) is 5.77. The first kappa shape index (κ1) is 15.2. The van der Waals surface area contributed by atoms with Crippen molar-refractivity contribution in [1.29, 1.82) is 0 Å². The van der Waals surface area contributed by atoms with Gasteiger partial charge in [0.15, 0.2) is 5.11 Å². The zero-order valence-corrected chi connectivity index (χ0v) is 12.3. The Morgan fingerprint density at radius 3 is 2.29 bits per heavy atom. The quantitative estimate of drug-likeness (QED) is 0.751. The van der Waals surface area contributed by atoms with E-state index in [9.17, 15) is 12.8 Å². The molecule has 5 nitrogen and oxygen atoms in total. The van der Waals surface area contributed by atoms with Crippen molar-refractivity contribution in [1.82, 2.24) is 0 Å². The number of para-hydroxylation sites is 1. The fourth-order valence-electron chi connectivity index (χ4n) is 1.61. The summed E-state index contributed by atoms with van der Waals surface area (Å²) >= 11 is 4.68. The molecule has 0 unspecified atom stereocenters. The maximum absolute atomic E-state index is 13.5. The van der Waals surface area contributed by atoms with E-state index >= 15 is 0 Å². The lowest BCUT2D eigenvalue weighted by atomic mass is 10.3. The number of rotatable bonds is 4. The van der Waals surface area contributed by atoms with Crippen LogP contribution in [0.1, 0.15) is 0 Å². The van der Waals surface area contributed by atoms with E-state index in [0.717, 1.165) is 0 Å². The van der Waals surface area contributed by atoms with Gasteiger partial charge in [-0.25, -0.2) is 12.8 Å². The van der Waals surface area contributed by atoms with E-state index in [4.69, 9.17) is 5.73 Å². The van der Waals surface area contributed by atoms with E-state index in [1.165, 1.54) is 48.5 Å². The second-order valence-corrected chi connectivity index (χ2v) is 6.22. The first-order valence-corrected chi connectivity index (χ1v) is 7.71. The van der Waals surface area contributed by atoms with E-state index in [1.807, 2.05) is 0 Å². The summed E-state index contributed by atoms with van der Waals surface area (Å²) in [7, 11) is -3.86. The predicted octanol–water partition coefficient (Wildman–Crippen LogP) is 2.28. The molecule has 0 saturated carbocycles. The van der Waals surface area contributed by atoms with Gasteiger partial charge in [-0.15, -0.1) is 0 Å². The smallest absolute Gasteiger partial charge is 0.261 e. The highest BCUT2D eigenvalue weighted by Crippen LogP contribution is 2.20. The molecule has 2 aromatic carbocycles. The first-order chi connectivity index (χ1) is 9.88. The SMILES string of the molecule is NC(=S)Nc1ccc(S(=O)(=O)Nc2ccccc2F)cc1. The number of hydrogen-bond donors (Lipinski definition) is 3. The molecule has 0 aliphatic carbocycles. The summed E-state index contributed by atoms with van der Waals surface area (Å²) in [6.07, 6.45) is 0. The van der Waals surface area contributed by atoms with Crippen molar-refractivity contribution < 1.29 is 12.8 Å². The Bertz CT molecular complexity index is 761. The molecule has 0 aromatic heterocycles. The number of thiocarbonyl (C=S) groups is 1. The monoisotopic (exact) mass is 325 g/mol. The number of sulfonamides is 1. The zero-order valence-electron chi connectivity index (χ0n) is 10.7. The normalized spacial score (nSPS) is 10.9. The van der Waals surface area contributed by atoms with Gasteiger partial charge >= 0.3 is 0 Å². The Morgan fingerprint density at radius 1 is 1.10 bits per heavy atom. The molecule has 110 valence electrons. The van der Waals surface area contributed by atoms with Crippen molar-refractivity contribution in [3.8, 4) is 0 Å². The third-order valence-corrected chi connectivity index (χ3v) is 4.03. The fraction of sp³-hybridized carbons (Fsp3) is 0. The molecule has 0 atom stereocenters. The molecule has 0 aliphatic heterocycles. The van der Waals surface area contributed by atoms with E-state index in [2.05, 4.69) is 22.3 Å². The number of benzene rings is 2. The van der Waals surface area contributed by atoms with Gasteiger partial charge in [-0.2, -0.15) is 0 Å². The molecule has 0 fully saturated rings. The summed E-state index contributed by atoms with van der Waals surface area (Å²) in [6, 6.07) is 11.3. The van der Waals surface area contributed by atoms with Crippen LogP contribution in [0.25, 0.3) is 0 Å². The summed E-state index contributed by atoms with van der Waals surface area (Å²) < 4.78 is 39.9. The zero-order chi connectivity index (χ0) is 15.5. The fourth-order valence-corrected chi connectivity index (χ4v) is 2.79. The number of nitrogens with two attached hydrogens (primary N) is 1. The van der Waals surface area contributed by atoms with Crippen LogP contribution >= 0.6 is 12.2 Å². The second kappa shape index (κ2) is 6.06. The second-order valence-electron chi connectivity index (χ2n) is 4.10. The molecule has 0 aliphatic rings. The number of nitrogens with one attached hydrogen (secondary N) is 2. The van der Waals surface area contributed by atoms with Gasteiger partial charge in [0.2, 0.25) is 0 Å². The average Bonchev–Trinajstić information content (AvgIpc) is 2.41. The molecule has 0 saturated heterocycles. The van der Waals surface area contributed by atoms with Gasteiger partial charge in [0.25, 0.3) is 10.0 Å². The van der Waals surface area contributed by atoms with E-state index in [0.29, 0.717) is 5.69 Å². The van der Waals surface area contributed by atoms with E-state index in [-0.39, 0.29) is 15.7 Å². The Labute approximate surface area is 127 Å². The Morgan fingerprint density at radius 2 is 1.71 bits per heavy atom. The third-order valence-electron chi connectivity index (χ3n) is 2.55. The van der Waals surface area contributed by atoms with Crippen LogP contribution in [0.15, 0.2) is 53.4 Å². The van der Waals surface area contributed by atoms with Crippen LogP contribution in [0, 0.1) is 5.82 Å². The molecular formula is C13H12FN3O2S2. The average molecular weight is 325 g/mol. The van der Waals surface area contributed by atoms with Crippen LogP contribution < -0.4 is 15.8 Å². The molecule has 0 heterocycles. The number of hydrogen-bond acceptors (Lipinski definition) is 3. The first-order valence-electron chi connectivity index (χ1n) is 5.82. The van der Waals surface area contributed by atoms with Gasteiger partial charge in [0.05, 0.1) is 10.6 Å². The van der Waals surface area contributed by atoms with E-state index < -0.39 is 15.8 Å². The molecule has 21 heavy (non-hydrogen) atoms. The van der Waals surface area contributed by atoms with Crippen LogP contribution in [0.5, 0.6) is 0 Å². The molecule has 0 amide bonds. The van der Waals surface area contributed by atoms with Crippen molar-refractivity contribution >= 4 is 38.7 Å². The van der Waals surface area contributed by atoms with Gasteiger partial charge in [-0.05, 0) is 48.6 Å². The minimum atomic E-state index is -3.86. The molecule has 4 N–H and O–H groups in total. The maximum atomic E-state index is 13.5. The summed E-state index contributed by atoms with van der Waals surface area (Å²) in [5.74, 6) is -0.646. The molecule has 0 bridgehead atoms. The highest BCUT2D eigenvalue weighted by Gasteiger charge is 2.15. The van der Waals surface area contributed by atoms with Gasteiger partial charge in [0, 0.05) is 5.69 Å². The summed E-state index contributed by atoms with van der Waals surface area (Å²) in [5, 5.41) is 2.76. The highest BCUT2D eigenvalue weighted by atomic mass is 32.2. The third kappa shape index (κ3) is 3.89. The molecule has 2 rings (SSSR count). The summed E-state index contributed by atoms with van der Waals surface area (Å²) in [6.45, 7) is 0. The predicted molar refractivity (Wildman–Crippen MR) is 84.1 cm³/mol. The van der Waals surface area contributed by atoms with Crippen molar-refractivity contribution in [2.75, 3.05) is 10.0 Å². The van der Waals surface area contributed by atoms with Crippen LogP contribution in [-0.4, -0.2) is 13.5 Å². The van der Waals surface area contributed by atoms with Crippen molar-refractivity contribution in [2.24, 2.45) is 5.73 Å². The molecule has 2 aromatic rings. The Kier molecular flexibility index (Phi) is 4.39. The van der Waals surface area contributed by atoms with Crippen molar-refractivity contribution in [3.05, 3.63) is 54.3 Å². The van der Waals surface area contributed by atoms with Crippen LogP contribution in [0.3, 0.4) is 0 Å². The molecule has 8 heteroatoms. The number of anilines is 2. The van der Waals surface area contributed by atoms with Crippen LogP contribution in [-0.2, 0) is 10.0 Å². The summed E-state index contributed by atoms with van der Waals surface area (Å²) in [4.78, 5) is -0.000701. The Balaban J connectivity index is 2.24. The maximum Gasteiger partial charge on any atom is 0.261 e. The van der Waals surface area contributed by atoms with Crippen molar-refractivity contribution in [3.63, 3.8) is 0 Å². The van der Waals surface area contributed by atoms with E-state index in [1.54, 1.807) is 0 Å². The molecule has 0 spiro atoms. The highest BCUT2D eigenvalue weighted by molar-refractivity contribution is 7.92. The topological polar surface area (TPSA) is 84.2 Å². The van der Waals surface area contributed by atoms with Gasteiger partial charge in [0.1, 0.15) is 5.82 Å². The van der Waals surface area contributed by atoms with Gasteiger partial charge < -0.3 is 11.1 Å². The molecular weight excluding hydrogens is 313 g/mol. The largest absolute Gasteiger partial charge is 0.376 e. The number of halogens is 1. The van der Waals surface area contributed by atoms with Crippen molar-refractivity contribution in [2.45, 2.75) is 4.90 Å².